The van der Waals surface area contributed by atoms with Gasteiger partial charge in [0.2, 0.25) is 0 Å². The maximum absolute atomic E-state index is 5.51. The number of rotatable bonds is 3. The summed E-state index contributed by atoms with van der Waals surface area (Å²) in [4.78, 5) is 0. The largest absolute Gasteiger partial charge is 0.483 e. The first-order chi connectivity index (χ1) is 5.20. The summed E-state index contributed by atoms with van der Waals surface area (Å²) in [5.74, 6) is 0.345. The third kappa shape index (κ3) is 5.08. The van der Waals surface area contributed by atoms with Crippen molar-refractivity contribution in [1.29, 1.82) is 0 Å². The third-order valence-electron chi connectivity index (χ3n) is 1.03. The predicted molar refractivity (Wildman–Crippen MR) is 46.4 cm³/mol. The Hall–Kier alpha value is -1.38. The van der Waals surface area contributed by atoms with E-state index in [1.54, 1.807) is 18.2 Å². The summed E-state index contributed by atoms with van der Waals surface area (Å²) in [5.41, 5.74) is 11.5. The number of allylic oxidation sites excluding steroid dienone is 4. The third-order valence-corrected chi connectivity index (χ3v) is 1.03. The minimum absolute atomic E-state index is 0.345. The summed E-state index contributed by atoms with van der Waals surface area (Å²) in [6.45, 7) is 1.89. The fourth-order valence-electron chi connectivity index (χ4n) is 0.494. The van der Waals surface area contributed by atoms with Crippen LogP contribution in [0.5, 0.6) is 0 Å². The highest BCUT2D eigenvalue weighted by molar-refractivity contribution is 5.20. The van der Waals surface area contributed by atoms with Crippen molar-refractivity contribution in [2.45, 2.75) is 6.92 Å². The van der Waals surface area contributed by atoms with E-state index in [0.717, 1.165) is 0 Å². The van der Waals surface area contributed by atoms with Gasteiger partial charge in [-0.3, -0.25) is 0 Å². The number of hydrogen-bond acceptors (Lipinski definition) is 3. The van der Waals surface area contributed by atoms with E-state index in [1.165, 1.54) is 7.11 Å². The lowest BCUT2D eigenvalue weighted by Gasteiger charge is -1.94. The van der Waals surface area contributed by atoms with Crippen LogP contribution in [0, 0.1) is 0 Å². The van der Waals surface area contributed by atoms with E-state index in [0.29, 0.717) is 11.6 Å². The van der Waals surface area contributed by atoms with Gasteiger partial charge < -0.3 is 16.2 Å². The van der Waals surface area contributed by atoms with Crippen LogP contribution in [0.3, 0.4) is 0 Å². The molecule has 0 rings (SSSR count). The molecule has 4 N–H and O–H groups in total. The topological polar surface area (TPSA) is 61.3 Å². The van der Waals surface area contributed by atoms with Crippen LogP contribution in [0.1, 0.15) is 6.92 Å². The Kier molecular flexibility index (Phi) is 4.73. The second-order valence-electron chi connectivity index (χ2n) is 1.94. The van der Waals surface area contributed by atoms with Crippen LogP contribution in [0.4, 0.5) is 0 Å². The van der Waals surface area contributed by atoms with Crippen molar-refractivity contribution in [3.63, 3.8) is 0 Å². The Balaban J connectivity index is 4.10. The number of nitrogens with two attached hydrogens (primary N) is 2. The second kappa shape index (κ2) is 5.41. The van der Waals surface area contributed by atoms with Crippen molar-refractivity contribution >= 4 is 0 Å². The Labute approximate surface area is 67.0 Å². The second-order valence-corrected chi connectivity index (χ2v) is 1.94. The zero-order valence-corrected chi connectivity index (χ0v) is 6.87. The van der Waals surface area contributed by atoms with Crippen LogP contribution in [0.25, 0.3) is 0 Å². The summed E-state index contributed by atoms with van der Waals surface area (Å²) in [7, 11) is 1.51. The molecule has 0 bridgehead atoms. The summed E-state index contributed by atoms with van der Waals surface area (Å²) in [5, 5.41) is 0. The molecule has 0 aromatic rings. The monoisotopic (exact) mass is 154 g/mol. The van der Waals surface area contributed by atoms with Gasteiger partial charge in [0.05, 0.1) is 7.11 Å². The molecule has 62 valence electrons. The fourth-order valence-corrected chi connectivity index (χ4v) is 0.494. The molecule has 0 aliphatic rings. The molecule has 0 heterocycles. The highest BCUT2D eigenvalue weighted by atomic mass is 16.5. The van der Waals surface area contributed by atoms with E-state index >= 15 is 0 Å². The van der Waals surface area contributed by atoms with Crippen LogP contribution < -0.4 is 11.5 Å². The quantitative estimate of drug-likeness (QED) is 0.468. The first kappa shape index (κ1) is 9.62. The molecule has 0 aliphatic heterocycles. The van der Waals surface area contributed by atoms with Gasteiger partial charge in [0.25, 0.3) is 0 Å². The standard InChI is InChI=1S/C8H14N2O/c1-3-4-7(9)5-6-8(10)11-2/h3-6H,9-10H2,1-2H3/b4-3+,7-5-,8-6+. The minimum atomic E-state index is 0.345. The lowest BCUT2D eigenvalue weighted by Crippen LogP contribution is -1.99. The van der Waals surface area contributed by atoms with Gasteiger partial charge in [-0.1, -0.05) is 6.08 Å². The van der Waals surface area contributed by atoms with Crippen molar-refractivity contribution in [3.8, 4) is 0 Å². The lowest BCUT2D eigenvalue weighted by atomic mass is 10.3. The summed E-state index contributed by atoms with van der Waals surface area (Å²) in [6.07, 6.45) is 6.91. The molecule has 3 heteroatoms. The van der Waals surface area contributed by atoms with Gasteiger partial charge in [-0.15, -0.1) is 0 Å². The van der Waals surface area contributed by atoms with E-state index in [2.05, 4.69) is 0 Å². The van der Waals surface area contributed by atoms with E-state index in [9.17, 15) is 0 Å². The summed E-state index contributed by atoms with van der Waals surface area (Å²) < 4.78 is 4.69. The zero-order valence-electron chi connectivity index (χ0n) is 6.87. The maximum atomic E-state index is 5.51. The normalized spacial score (nSPS) is 14.0. The van der Waals surface area contributed by atoms with Crippen molar-refractivity contribution in [1.82, 2.24) is 0 Å². The molecule has 0 atom stereocenters. The molecule has 0 aliphatic carbocycles. The minimum Gasteiger partial charge on any atom is -0.483 e. The van der Waals surface area contributed by atoms with E-state index in [-0.39, 0.29) is 0 Å². The van der Waals surface area contributed by atoms with Crippen LogP contribution in [-0.4, -0.2) is 7.11 Å². The Morgan fingerprint density at radius 3 is 2.36 bits per heavy atom. The lowest BCUT2D eigenvalue weighted by molar-refractivity contribution is 0.287. The van der Waals surface area contributed by atoms with E-state index < -0.39 is 0 Å². The molecule has 3 nitrogen and oxygen atoms in total. The summed E-state index contributed by atoms with van der Waals surface area (Å²) in [6, 6.07) is 0. The molecular formula is C8H14N2O. The van der Waals surface area contributed by atoms with E-state index in [4.69, 9.17) is 16.2 Å². The predicted octanol–water partition coefficient (Wildman–Crippen LogP) is 0.852. The van der Waals surface area contributed by atoms with Gasteiger partial charge in [0.15, 0.2) is 5.88 Å². The number of hydrogen-bond donors (Lipinski definition) is 2. The Morgan fingerprint density at radius 1 is 1.27 bits per heavy atom. The van der Waals surface area contributed by atoms with Gasteiger partial charge in [0, 0.05) is 5.70 Å². The van der Waals surface area contributed by atoms with Gasteiger partial charge >= 0.3 is 0 Å². The summed E-state index contributed by atoms with van der Waals surface area (Å²) >= 11 is 0. The van der Waals surface area contributed by atoms with Crippen LogP contribution >= 0.6 is 0 Å². The first-order valence-corrected chi connectivity index (χ1v) is 3.30. The molecule has 0 amide bonds. The molecule has 0 spiro atoms. The molecule has 0 fully saturated rings. The molecular weight excluding hydrogens is 140 g/mol. The highest BCUT2D eigenvalue weighted by Crippen LogP contribution is 1.90. The van der Waals surface area contributed by atoms with Crippen molar-refractivity contribution in [2.24, 2.45) is 11.5 Å². The maximum Gasteiger partial charge on any atom is 0.183 e. The fraction of sp³-hybridized carbons (Fsp3) is 0.250. The number of methoxy groups -OCH3 is 1. The van der Waals surface area contributed by atoms with Crippen molar-refractivity contribution < 1.29 is 4.74 Å². The van der Waals surface area contributed by atoms with Crippen LogP contribution in [-0.2, 0) is 4.74 Å². The smallest absolute Gasteiger partial charge is 0.183 e. The molecule has 0 unspecified atom stereocenters. The van der Waals surface area contributed by atoms with Crippen LogP contribution in [0.2, 0.25) is 0 Å². The number of ether oxygens (including phenoxy) is 1. The molecule has 0 aromatic carbocycles. The van der Waals surface area contributed by atoms with Gasteiger partial charge in [-0.05, 0) is 25.2 Å². The van der Waals surface area contributed by atoms with Gasteiger partial charge in [-0.2, -0.15) is 0 Å². The Morgan fingerprint density at radius 2 is 1.91 bits per heavy atom. The van der Waals surface area contributed by atoms with Gasteiger partial charge in [-0.25, -0.2) is 0 Å². The average Bonchev–Trinajstić information content (AvgIpc) is 2.01. The molecule has 0 saturated heterocycles. The molecule has 0 radical (unpaired) electrons. The highest BCUT2D eigenvalue weighted by Gasteiger charge is 1.81. The first-order valence-electron chi connectivity index (χ1n) is 3.30. The van der Waals surface area contributed by atoms with E-state index in [1.807, 2.05) is 13.0 Å². The molecule has 11 heavy (non-hydrogen) atoms. The van der Waals surface area contributed by atoms with Gasteiger partial charge in [0.1, 0.15) is 0 Å². The average molecular weight is 154 g/mol. The van der Waals surface area contributed by atoms with Crippen molar-refractivity contribution in [2.75, 3.05) is 7.11 Å². The molecule has 0 aromatic heterocycles. The Bertz CT molecular complexity index is 192. The zero-order chi connectivity index (χ0) is 8.69. The SMILES string of the molecule is C/C=C/C(N)=C/C=C(\N)OC. The molecule has 0 saturated carbocycles. The van der Waals surface area contributed by atoms with Crippen LogP contribution in [0.15, 0.2) is 35.9 Å². The van der Waals surface area contributed by atoms with Crippen molar-refractivity contribution in [3.05, 3.63) is 35.9 Å².